The molecule has 0 aliphatic carbocycles. The van der Waals surface area contributed by atoms with Crippen LogP contribution in [0.1, 0.15) is 12.5 Å². The number of hydrogen-bond donors (Lipinski definition) is 0. The van der Waals surface area contributed by atoms with Gasteiger partial charge in [0, 0.05) is 6.20 Å². The van der Waals surface area contributed by atoms with Crippen molar-refractivity contribution < 1.29 is 9.18 Å². The van der Waals surface area contributed by atoms with Crippen LogP contribution in [0, 0.1) is 5.82 Å². The number of pyridine rings is 1. The molecule has 1 aromatic heterocycles. The zero-order chi connectivity index (χ0) is 9.84. The van der Waals surface area contributed by atoms with Crippen LogP contribution in [-0.4, -0.2) is 15.6 Å². The molecule has 0 radical (unpaired) electrons. The molecule has 4 heteroatoms. The van der Waals surface area contributed by atoms with Crippen LogP contribution in [0.15, 0.2) is 18.5 Å². The highest BCUT2D eigenvalue weighted by molar-refractivity contribution is 9.10. The molecule has 0 saturated carbocycles. The highest BCUT2D eigenvalue weighted by Crippen LogP contribution is 2.10. The fraction of sp³-hybridized carbons (Fsp3) is 0.333. The van der Waals surface area contributed by atoms with Crippen LogP contribution in [0.25, 0.3) is 0 Å². The average molecular weight is 246 g/mol. The summed E-state index contributed by atoms with van der Waals surface area (Å²) in [5.41, 5.74) is 0.720. The Morgan fingerprint density at radius 3 is 2.92 bits per heavy atom. The number of Topliss-reactive ketones (excluding diaryl/α,β-unsaturated/α-hetero) is 1. The van der Waals surface area contributed by atoms with Gasteiger partial charge in [-0.25, -0.2) is 4.39 Å². The lowest BCUT2D eigenvalue weighted by molar-refractivity contribution is -0.116. The highest BCUT2D eigenvalue weighted by atomic mass is 79.9. The van der Waals surface area contributed by atoms with Crippen LogP contribution in [-0.2, 0) is 11.2 Å². The van der Waals surface area contributed by atoms with Crippen molar-refractivity contribution in [2.45, 2.75) is 18.2 Å². The molecule has 0 aliphatic rings. The Balaban J connectivity index is 2.69. The molecular weight excluding hydrogens is 237 g/mol. The van der Waals surface area contributed by atoms with E-state index in [2.05, 4.69) is 20.9 Å². The van der Waals surface area contributed by atoms with Crippen molar-refractivity contribution in [1.82, 2.24) is 4.98 Å². The summed E-state index contributed by atoms with van der Waals surface area (Å²) >= 11 is 3.20. The Labute approximate surface area is 84.3 Å². The molecular formula is C9H9BrFNO. The number of carbonyl (C=O) groups excluding carboxylic acids is 1. The summed E-state index contributed by atoms with van der Waals surface area (Å²) in [4.78, 5) is 14.3. The molecule has 0 saturated heterocycles. The number of ketones is 1. The Morgan fingerprint density at radius 1 is 1.69 bits per heavy atom. The zero-order valence-electron chi connectivity index (χ0n) is 7.13. The lowest BCUT2D eigenvalue weighted by Crippen LogP contribution is -2.12. The normalized spacial score (nSPS) is 12.5. The first-order chi connectivity index (χ1) is 6.09. The Kier molecular flexibility index (Phi) is 3.54. The maximum absolute atomic E-state index is 12.7. The maximum atomic E-state index is 12.7. The van der Waals surface area contributed by atoms with Crippen LogP contribution in [0.5, 0.6) is 0 Å². The number of hydrogen-bond acceptors (Lipinski definition) is 2. The average Bonchev–Trinajstić information content (AvgIpc) is 2.04. The molecule has 0 spiro atoms. The Hall–Kier alpha value is -0.770. The second-order valence-electron chi connectivity index (χ2n) is 2.79. The van der Waals surface area contributed by atoms with E-state index in [1.54, 1.807) is 6.20 Å². The van der Waals surface area contributed by atoms with E-state index in [9.17, 15) is 9.18 Å². The largest absolute Gasteiger partial charge is 0.299 e. The molecule has 13 heavy (non-hydrogen) atoms. The molecule has 0 N–H and O–H groups in total. The van der Waals surface area contributed by atoms with Gasteiger partial charge in [-0.05, 0) is 25.0 Å². The zero-order valence-corrected chi connectivity index (χ0v) is 8.71. The Morgan fingerprint density at radius 2 is 2.38 bits per heavy atom. The van der Waals surface area contributed by atoms with Gasteiger partial charge >= 0.3 is 0 Å². The van der Waals surface area contributed by atoms with Crippen molar-refractivity contribution in [3.8, 4) is 0 Å². The molecule has 1 rings (SSSR count). The summed E-state index contributed by atoms with van der Waals surface area (Å²) in [5.74, 6) is -0.343. The second kappa shape index (κ2) is 4.46. The number of alkyl halides is 1. The maximum Gasteiger partial charge on any atom is 0.143 e. The van der Waals surface area contributed by atoms with E-state index in [-0.39, 0.29) is 16.4 Å². The van der Waals surface area contributed by atoms with Gasteiger partial charge in [0.1, 0.15) is 11.6 Å². The lowest BCUT2D eigenvalue weighted by Gasteiger charge is -2.04. The summed E-state index contributed by atoms with van der Waals surface area (Å²) in [6.07, 6.45) is 3.17. The second-order valence-corrected chi connectivity index (χ2v) is 3.90. The van der Waals surface area contributed by atoms with Gasteiger partial charge in [-0.1, -0.05) is 15.9 Å². The van der Waals surface area contributed by atoms with Gasteiger partial charge < -0.3 is 0 Å². The van der Waals surface area contributed by atoms with Crippen LogP contribution in [0.2, 0.25) is 0 Å². The number of aromatic nitrogens is 1. The third-order valence-electron chi connectivity index (χ3n) is 1.62. The van der Waals surface area contributed by atoms with Gasteiger partial charge in [0.25, 0.3) is 0 Å². The summed E-state index contributed by atoms with van der Waals surface area (Å²) < 4.78 is 12.7. The minimum absolute atomic E-state index is 0.0317. The smallest absolute Gasteiger partial charge is 0.143 e. The third kappa shape index (κ3) is 3.22. The first-order valence-electron chi connectivity index (χ1n) is 3.83. The highest BCUT2D eigenvalue weighted by Gasteiger charge is 2.10. The topological polar surface area (TPSA) is 30.0 Å². The summed E-state index contributed by atoms with van der Waals surface area (Å²) in [6.45, 7) is 1.49. The van der Waals surface area contributed by atoms with Crippen molar-refractivity contribution in [1.29, 1.82) is 0 Å². The predicted octanol–water partition coefficient (Wildman–Crippen LogP) is 2.12. The first kappa shape index (κ1) is 10.3. The minimum Gasteiger partial charge on any atom is -0.299 e. The molecule has 1 atom stereocenters. The predicted molar refractivity (Wildman–Crippen MR) is 51.3 cm³/mol. The molecule has 0 amide bonds. The van der Waals surface area contributed by atoms with Crippen molar-refractivity contribution >= 4 is 21.7 Å². The number of halogens is 2. The van der Waals surface area contributed by atoms with Gasteiger partial charge in [0.2, 0.25) is 0 Å². The molecule has 0 fully saturated rings. The van der Waals surface area contributed by atoms with Gasteiger partial charge in [0.15, 0.2) is 0 Å². The summed E-state index contributed by atoms with van der Waals surface area (Å²) in [6, 6.07) is 1.38. The summed E-state index contributed by atoms with van der Waals surface area (Å²) in [5, 5.41) is 0. The van der Waals surface area contributed by atoms with E-state index >= 15 is 0 Å². The SMILES string of the molecule is CC(=O)C(Br)Cc1cncc(F)c1. The van der Waals surface area contributed by atoms with Crippen molar-refractivity contribution in [2.75, 3.05) is 0 Å². The van der Waals surface area contributed by atoms with Crippen LogP contribution >= 0.6 is 15.9 Å². The lowest BCUT2D eigenvalue weighted by atomic mass is 10.1. The van der Waals surface area contributed by atoms with Crippen LogP contribution < -0.4 is 0 Å². The number of nitrogens with zero attached hydrogens (tertiary/aromatic N) is 1. The first-order valence-corrected chi connectivity index (χ1v) is 4.75. The molecule has 0 bridgehead atoms. The number of carbonyl (C=O) groups is 1. The van der Waals surface area contributed by atoms with Gasteiger partial charge in [0.05, 0.1) is 11.0 Å². The molecule has 1 heterocycles. The standard InChI is InChI=1S/C9H9BrFNO/c1-6(13)9(10)3-7-2-8(11)5-12-4-7/h2,4-5,9H,3H2,1H3. The fourth-order valence-corrected chi connectivity index (χ4v) is 1.29. The molecule has 0 aromatic carbocycles. The van der Waals surface area contributed by atoms with Crippen molar-refractivity contribution in [3.05, 3.63) is 29.8 Å². The van der Waals surface area contributed by atoms with E-state index in [1.165, 1.54) is 13.0 Å². The molecule has 2 nitrogen and oxygen atoms in total. The van der Waals surface area contributed by atoms with E-state index in [0.29, 0.717) is 6.42 Å². The van der Waals surface area contributed by atoms with Gasteiger partial charge in [-0.3, -0.25) is 9.78 Å². The minimum atomic E-state index is -0.374. The van der Waals surface area contributed by atoms with E-state index in [0.717, 1.165) is 11.8 Å². The summed E-state index contributed by atoms with van der Waals surface area (Å²) in [7, 11) is 0. The fourth-order valence-electron chi connectivity index (χ4n) is 0.918. The van der Waals surface area contributed by atoms with Gasteiger partial charge in [-0.15, -0.1) is 0 Å². The Bertz CT molecular complexity index is 316. The quantitative estimate of drug-likeness (QED) is 0.764. The molecule has 0 aliphatic heterocycles. The van der Waals surface area contributed by atoms with Crippen LogP contribution in [0.4, 0.5) is 4.39 Å². The molecule has 1 aromatic rings. The van der Waals surface area contributed by atoms with Crippen molar-refractivity contribution in [3.63, 3.8) is 0 Å². The molecule has 70 valence electrons. The third-order valence-corrected chi connectivity index (χ3v) is 2.59. The monoisotopic (exact) mass is 245 g/mol. The van der Waals surface area contributed by atoms with E-state index in [1.807, 2.05) is 0 Å². The van der Waals surface area contributed by atoms with Crippen molar-refractivity contribution in [2.24, 2.45) is 0 Å². The van der Waals surface area contributed by atoms with Gasteiger partial charge in [-0.2, -0.15) is 0 Å². The van der Waals surface area contributed by atoms with Crippen LogP contribution in [0.3, 0.4) is 0 Å². The molecule has 1 unspecified atom stereocenters. The number of rotatable bonds is 3. The van der Waals surface area contributed by atoms with E-state index in [4.69, 9.17) is 0 Å². The van der Waals surface area contributed by atoms with E-state index < -0.39 is 0 Å².